The molecule has 0 aliphatic heterocycles. The molecule has 0 heterocycles. The Morgan fingerprint density at radius 2 is 1.80 bits per heavy atom. The number of anilines is 1. The first-order valence-corrected chi connectivity index (χ1v) is 11.4. The molecule has 1 fully saturated rings. The highest BCUT2D eigenvalue weighted by molar-refractivity contribution is 7.92. The molecule has 0 unspecified atom stereocenters. The molecular weight excluding hydrogens is 404 g/mol. The van der Waals surface area contributed by atoms with Gasteiger partial charge in [0.15, 0.2) is 6.61 Å². The van der Waals surface area contributed by atoms with E-state index in [1.165, 1.54) is 12.1 Å². The summed E-state index contributed by atoms with van der Waals surface area (Å²) in [7, 11) is -3.90. The zero-order valence-corrected chi connectivity index (χ0v) is 17.9. The second-order valence-corrected chi connectivity index (χ2v) is 9.23. The Morgan fingerprint density at radius 1 is 1.07 bits per heavy atom. The molecule has 0 aromatic heterocycles. The maximum absolute atomic E-state index is 12.8. The lowest BCUT2D eigenvalue weighted by Gasteiger charge is -2.13. The van der Waals surface area contributed by atoms with Crippen LogP contribution in [0.4, 0.5) is 5.69 Å². The molecule has 1 aliphatic carbocycles. The number of ether oxygens (including phenoxy) is 1. The van der Waals surface area contributed by atoms with Crippen LogP contribution in [0.3, 0.4) is 0 Å². The van der Waals surface area contributed by atoms with E-state index in [9.17, 15) is 18.0 Å². The number of carbonyl (C=O) groups is 2. The van der Waals surface area contributed by atoms with Gasteiger partial charge in [-0.3, -0.25) is 9.52 Å². The zero-order valence-electron chi connectivity index (χ0n) is 17.1. The molecule has 0 atom stereocenters. The summed E-state index contributed by atoms with van der Waals surface area (Å²) in [6, 6.07) is 11.4. The third-order valence-corrected chi connectivity index (χ3v) is 6.56. The molecule has 160 valence electrons. The van der Waals surface area contributed by atoms with Crippen LogP contribution in [0.1, 0.15) is 47.2 Å². The zero-order chi connectivity index (χ0) is 21.7. The lowest BCUT2D eigenvalue weighted by molar-refractivity contribution is -0.124. The molecule has 2 aromatic carbocycles. The summed E-state index contributed by atoms with van der Waals surface area (Å²) in [5, 5.41) is 2.84. The Bertz CT molecular complexity index is 1040. The van der Waals surface area contributed by atoms with E-state index in [4.69, 9.17) is 4.74 Å². The minimum Gasteiger partial charge on any atom is -0.452 e. The molecule has 8 heteroatoms. The maximum atomic E-state index is 12.8. The largest absolute Gasteiger partial charge is 0.452 e. The SMILES string of the molecule is Cc1cccc(NS(=O)(=O)c2cc(C(=O)OCC(=O)NC3CCCC3)ccc2C)c1. The van der Waals surface area contributed by atoms with E-state index >= 15 is 0 Å². The number of hydrogen-bond donors (Lipinski definition) is 2. The van der Waals surface area contributed by atoms with Gasteiger partial charge in [0.05, 0.1) is 10.5 Å². The molecule has 1 saturated carbocycles. The van der Waals surface area contributed by atoms with Crippen LogP contribution in [0.5, 0.6) is 0 Å². The molecule has 1 aliphatic rings. The molecule has 0 spiro atoms. The Kier molecular flexibility index (Phi) is 6.77. The van der Waals surface area contributed by atoms with Gasteiger partial charge in [-0.25, -0.2) is 13.2 Å². The highest BCUT2D eigenvalue weighted by atomic mass is 32.2. The molecular formula is C22H26N2O5S. The third kappa shape index (κ3) is 5.60. The second-order valence-electron chi connectivity index (χ2n) is 7.58. The first-order valence-electron chi connectivity index (χ1n) is 9.91. The third-order valence-electron chi connectivity index (χ3n) is 5.04. The van der Waals surface area contributed by atoms with Crippen molar-refractivity contribution < 1.29 is 22.7 Å². The van der Waals surface area contributed by atoms with Crippen molar-refractivity contribution in [2.75, 3.05) is 11.3 Å². The van der Waals surface area contributed by atoms with Crippen LogP contribution < -0.4 is 10.0 Å². The van der Waals surface area contributed by atoms with Gasteiger partial charge in [0, 0.05) is 11.7 Å². The van der Waals surface area contributed by atoms with Crippen molar-refractivity contribution in [1.29, 1.82) is 0 Å². The van der Waals surface area contributed by atoms with Crippen molar-refractivity contribution >= 4 is 27.6 Å². The van der Waals surface area contributed by atoms with Crippen LogP contribution in [0, 0.1) is 13.8 Å². The summed E-state index contributed by atoms with van der Waals surface area (Å²) < 4.78 is 33.3. The quantitative estimate of drug-likeness (QED) is 0.656. The van der Waals surface area contributed by atoms with Gasteiger partial charge in [-0.15, -0.1) is 0 Å². The van der Waals surface area contributed by atoms with E-state index in [2.05, 4.69) is 10.0 Å². The fourth-order valence-corrected chi connectivity index (χ4v) is 4.81. The molecule has 2 N–H and O–H groups in total. The van der Waals surface area contributed by atoms with Crippen LogP contribution >= 0.6 is 0 Å². The van der Waals surface area contributed by atoms with Gasteiger partial charge in [-0.1, -0.05) is 31.0 Å². The molecule has 0 bridgehead atoms. The van der Waals surface area contributed by atoms with Gasteiger partial charge in [-0.2, -0.15) is 0 Å². The van der Waals surface area contributed by atoms with Crippen molar-refractivity contribution in [2.24, 2.45) is 0 Å². The van der Waals surface area contributed by atoms with Crippen LogP contribution in [-0.4, -0.2) is 32.9 Å². The summed E-state index contributed by atoms with van der Waals surface area (Å²) in [5.41, 5.74) is 1.91. The fraction of sp³-hybridized carbons (Fsp3) is 0.364. The Balaban J connectivity index is 1.69. The van der Waals surface area contributed by atoms with Gasteiger partial charge in [0.25, 0.3) is 15.9 Å². The van der Waals surface area contributed by atoms with Crippen molar-refractivity contribution in [3.05, 3.63) is 59.2 Å². The number of aryl methyl sites for hydroxylation is 2. The normalized spacial score (nSPS) is 14.3. The van der Waals surface area contributed by atoms with Crippen LogP contribution in [0.15, 0.2) is 47.4 Å². The average Bonchev–Trinajstić information content (AvgIpc) is 3.19. The topological polar surface area (TPSA) is 102 Å². The molecule has 7 nitrogen and oxygen atoms in total. The minimum absolute atomic E-state index is 0.0196. The van der Waals surface area contributed by atoms with Crippen molar-refractivity contribution in [3.8, 4) is 0 Å². The molecule has 0 radical (unpaired) electrons. The van der Waals surface area contributed by atoms with Gasteiger partial charge < -0.3 is 10.1 Å². The number of sulfonamides is 1. The summed E-state index contributed by atoms with van der Waals surface area (Å²) in [4.78, 5) is 24.3. The predicted octanol–water partition coefficient (Wildman–Crippen LogP) is 3.32. The number of nitrogens with one attached hydrogen (secondary N) is 2. The van der Waals surface area contributed by atoms with Crippen LogP contribution in [0.25, 0.3) is 0 Å². The van der Waals surface area contributed by atoms with Crippen LogP contribution in [-0.2, 0) is 19.6 Å². The molecule has 30 heavy (non-hydrogen) atoms. The Hall–Kier alpha value is -2.87. The standard InChI is InChI=1S/C22H26N2O5S/c1-15-6-5-9-19(12-15)24-30(27,28)20-13-17(11-10-16(20)2)22(26)29-14-21(25)23-18-7-3-4-8-18/h5-6,9-13,18,24H,3-4,7-8,14H2,1-2H3,(H,23,25). The van der Waals surface area contributed by atoms with Crippen molar-refractivity contribution in [1.82, 2.24) is 5.32 Å². The predicted molar refractivity (Wildman–Crippen MR) is 114 cm³/mol. The summed E-state index contributed by atoms with van der Waals surface area (Å²) in [6.07, 6.45) is 4.05. The lowest BCUT2D eigenvalue weighted by atomic mass is 10.1. The molecule has 3 rings (SSSR count). The van der Waals surface area contributed by atoms with E-state index in [1.807, 2.05) is 13.0 Å². The van der Waals surface area contributed by atoms with E-state index in [0.717, 1.165) is 31.2 Å². The summed E-state index contributed by atoms with van der Waals surface area (Å²) >= 11 is 0. The number of rotatable bonds is 7. The van der Waals surface area contributed by atoms with E-state index in [1.54, 1.807) is 31.2 Å². The monoisotopic (exact) mass is 430 g/mol. The average molecular weight is 431 g/mol. The molecule has 0 saturated heterocycles. The van der Waals surface area contributed by atoms with E-state index in [0.29, 0.717) is 11.3 Å². The maximum Gasteiger partial charge on any atom is 0.338 e. The summed E-state index contributed by atoms with van der Waals surface area (Å²) in [6.45, 7) is 3.12. The van der Waals surface area contributed by atoms with Crippen molar-refractivity contribution in [3.63, 3.8) is 0 Å². The first kappa shape index (κ1) is 21.8. The van der Waals surface area contributed by atoms with Crippen molar-refractivity contribution in [2.45, 2.75) is 50.5 Å². The molecule has 2 aromatic rings. The number of benzene rings is 2. The number of hydrogen-bond acceptors (Lipinski definition) is 5. The van der Waals surface area contributed by atoms with E-state index in [-0.39, 0.29) is 22.4 Å². The van der Waals surface area contributed by atoms with Crippen LogP contribution in [0.2, 0.25) is 0 Å². The number of carbonyl (C=O) groups excluding carboxylic acids is 2. The fourth-order valence-electron chi connectivity index (χ4n) is 3.49. The van der Waals surface area contributed by atoms with Gasteiger partial charge in [0.2, 0.25) is 0 Å². The second kappa shape index (κ2) is 9.30. The lowest BCUT2D eigenvalue weighted by Crippen LogP contribution is -2.35. The van der Waals surface area contributed by atoms with E-state index < -0.39 is 22.6 Å². The van der Waals surface area contributed by atoms with Gasteiger partial charge in [0.1, 0.15) is 0 Å². The smallest absolute Gasteiger partial charge is 0.338 e. The first-order chi connectivity index (χ1) is 14.2. The number of esters is 1. The highest BCUT2D eigenvalue weighted by Gasteiger charge is 2.21. The van der Waals surface area contributed by atoms with Gasteiger partial charge >= 0.3 is 5.97 Å². The Morgan fingerprint density at radius 3 is 2.50 bits per heavy atom. The van der Waals surface area contributed by atoms with Gasteiger partial charge in [-0.05, 0) is 62.1 Å². The summed E-state index contributed by atoms with van der Waals surface area (Å²) in [5.74, 6) is -1.10. The Labute approximate surface area is 176 Å². The highest BCUT2D eigenvalue weighted by Crippen LogP contribution is 2.22. The number of amides is 1. The minimum atomic E-state index is -3.90. The molecule has 1 amide bonds.